The van der Waals surface area contributed by atoms with Crippen molar-refractivity contribution in [2.24, 2.45) is 11.3 Å². The Balaban J connectivity index is 2.96. The van der Waals surface area contributed by atoms with Crippen molar-refractivity contribution in [3.8, 4) is 0 Å². The zero-order valence-electron chi connectivity index (χ0n) is 8.00. The molecule has 1 aliphatic rings. The molecule has 0 saturated carbocycles. The van der Waals surface area contributed by atoms with Crippen molar-refractivity contribution in [1.82, 2.24) is 0 Å². The fourth-order valence-electron chi connectivity index (χ4n) is 1.66. The third-order valence-electron chi connectivity index (χ3n) is 2.69. The molecule has 0 spiro atoms. The van der Waals surface area contributed by atoms with Crippen LogP contribution in [0.25, 0.3) is 0 Å². The third-order valence-corrected chi connectivity index (χ3v) is 2.69. The standard InChI is InChI=1S/C10H14O3/c1-4-5-10(7(2)3)6-8(11)13-9(10)12/h4,7H,1,5-6H2,2-3H3. The van der Waals surface area contributed by atoms with Crippen molar-refractivity contribution in [3.63, 3.8) is 0 Å². The number of rotatable bonds is 3. The number of allylic oxidation sites excluding steroid dienone is 1. The minimum atomic E-state index is -0.654. The Hall–Kier alpha value is -1.12. The molecule has 1 atom stereocenters. The van der Waals surface area contributed by atoms with Crippen molar-refractivity contribution in [2.45, 2.75) is 26.7 Å². The number of hydrogen-bond acceptors (Lipinski definition) is 3. The van der Waals surface area contributed by atoms with Crippen LogP contribution in [0, 0.1) is 11.3 Å². The van der Waals surface area contributed by atoms with E-state index in [1.165, 1.54) is 0 Å². The van der Waals surface area contributed by atoms with Crippen molar-refractivity contribution >= 4 is 11.9 Å². The lowest BCUT2D eigenvalue weighted by Gasteiger charge is -2.26. The van der Waals surface area contributed by atoms with Crippen molar-refractivity contribution in [1.29, 1.82) is 0 Å². The zero-order valence-corrected chi connectivity index (χ0v) is 8.00. The molecular weight excluding hydrogens is 168 g/mol. The van der Waals surface area contributed by atoms with Crippen LogP contribution in [-0.2, 0) is 14.3 Å². The fourth-order valence-corrected chi connectivity index (χ4v) is 1.66. The van der Waals surface area contributed by atoms with Crippen molar-refractivity contribution in [3.05, 3.63) is 12.7 Å². The van der Waals surface area contributed by atoms with Gasteiger partial charge in [-0.05, 0) is 12.3 Å². The molecule has 72 valence electrons. The van der Waals surface area contributed by atoms with Gasteiger partial charge in [0.2, 0.25) is 0 Å². The summed E-state index contributed by atoms with van der Waals surface area (Å²) in [6.07, 6.45) is 2.37. The summed E-state index contributed by atoms with van der Waals surface area (Å²) in [6.45, 7) is 7.43. The molecule has 0 bridgehead atoms. The maximum atomic E-state index is 11.4. The lowest BCUT2D eigenvalue weighted by molar-refractivity contribution is -0.156. The monoisotopic (exact) mass is 182 g/mol. The first-order valence-electron chi connectivity index (χ1n) is 4.39. The number of esters is 2. The minimum Gasteiger partial charge on any atom is -0.393 e. The van der Waals surface area contributed by atoms with Gasteiger partial charge in [0.25, 0.3) is 0 Å². The molecule has 0 aliphatic carbocycles. The van der Waals surface area contributed by atoms with E-state index in [2.05, 4.69) is 11.3 Å². The van der Waals surface area contributed by atoms with Gasteiger partial charge in [-0.3, -0.25) is 9.59 Å². The predicted octanol–water partition coefficient (Wildman–Crippen LogP) is 1.68. The lowest BCUT2D eigenvalue weighted by atomic mass is 9.73. The second kappa shape index (κ2) is 3.32. The van der Waals surface area contributed by atoms with E-state index in [0.717, 1.165) is 0 Å². The number of cyclic esters (lactones) is 2. The highest BCUT2D eigenvalue weighted by Gasteiger charge is 2.50. The van der Waals surface area contributed by atoms with Gasteiger partial charge in [-0.2, -0.15) is 0 Å². The van der Waals surface area contributed by atoms with Crippen LogP contribution in [0.1, 0.15) is 26.7 Å². The molecule has 0 amide bonds. The molecule has 1 saturated heterocycles. The van der Waals surface area contributed by atoms with Gasteiger partial charge < -0.3 is 4.74 Å². The summed E-state index contributed by atoms with van der Waals surface area (Å²) in [4.78, 5) is 22.4. The SMILES string of the molecule is C=CCC1(C(C)C)CC(=O)OC1=O. The summed E-state index contributed by atoms with van der Waals surface area (Å²) >= 11 is 0. The van der Waals surface area contributed by atoms with E-state index in [4.69, 9.17) is 0 Å². The van der Waals surface area contributed by atoms with Crippen LogP contribution in [0.2, 0.25) is 0 Å². The summed E-state index contributed by atoms with van der Waals surface area (Å²) in [6, 6.07) is 0. The smallest absolute Gasteiger partial charge is 0.320 e. The van der Waals surface area contributed by atoms with Crippen LogP contribution in [-0.4, -0.2) is 11.9 Å². The maximum absolute atomic E-state index is 11.4. The van der Waals surface area contributed by atoms with Crippen LogP contribution in [0.5, 0.6) is 0 Å². The number of carbonyl (C=O) groups is 2. The van der Waals surface area contributed by atoms with E-state index >= 15 is 0 Å². The van der Waals surface area contributed by atoms with E-state index in [0.29, 0.717) is 6.42 Å². The summed E-state index contributed by atoms with van der Waals surface area (Å²) in [5.74, 6) is -0.711. The van der Waals surface area contributed by atoms with Gasteiger partial charge in [0.15, 0.2) is 0 Å². The molecule has 0 aromatic carbocycles. The molecule has 0 aromatic heterocycles. The molecule has 1 heterocycles. The van der Waals surface area contributed by atoms with Crippen LogP contribution in [0.4, 0.5) is 0 Å². The summed E-state index contributed by atoms with van der Waals surface area (Å²) in [7, 11) is 0. The zero-order chi connectivity index (χ0) is 10.1. The highest BCUT2D eigenvalue weighted by Crippen LogP contribution is 2.41. The lowest BCUT2D eigenvalue weighted by Crippen LogP contribution is -2.31. The predicted molar refractivity (Wildman–Crippen MR) is 47.8 cm³/mol. The summed E-state index contributed by atoms with van der Waals surface area (Å²) in [5.41, 5.74) is -0.654. The normalized spacial score (nSPS) is 27.9. The third kappa shape index (κ3) is 1.50. The van der Waals surface area contributed by atoms with Gasteiger partial charge >= 0.3 is 11.9 Å². The van der Waals surface area contributed by atoms with E-state index in [9.17, 15) is 9.59 Å². The highest BCUT2D eigenvalue weighted by atomic mass is 16.6. The van der Waals surface area contributed by atoms with Gasteiger partial charge in [-0.1, -0.05) is 19.9 Å². The Bertz CT molecular complexity index is 255. The first-order chi connectivity index (χ1) is 6.03. The van der Waals surface area contributed by atoms with Crippen molar-refractivity contribution in [2.75, 3.05) is 0 Å². The Labute approximate surface area is 77.8 Å². The second-order valence-electron chi connectivity index (χ2n) is 3.74. The van der Waals surface area contributed by atoms with Gasteiger partial charge in [0.05, 0.1) is 11.8 Å². The van der Waals surface area contributed by atoms with Crippen LogP contribution >= 0.6 is 0 Å². The number of hydrogen-bond donors (Lipinski definition) is 0. The molecule has 13 heavy (non-hydrogen) atoms. The van der Waals surface area contributed by atoms with Crippen LogP contribution < -0.4 is 0 Å². The minimum absolute atomic E-state index is 0.101. The highest BCUT2D eigenvalue weighted by molar-refractivity contribution is 5.97. The van der Waals surface area contributed by atoms with Crippen LogP contribution in [0.3, 0.4) is 0 Å². The Morgan fingerprint density at radius 3 is 2.54 bits per heavy atom. The largest absolute Gasteiger partial charge is 0.393 e. The number of ether oxygens (including phenoxy) is 1. The molecule has 1 aliphatic heterocycles. The van der Waals surface area contributed by atoms with E-state index in [1.54, 1.807) is 6.08 Å². The molecule has 1 rings (SSSR count). The Morgan fingerprint density at radius 2 is 2.23 bits per heavy atom. The average Bonchev–Trinajstić information content (AvgIpc) is 2.28. The van der Waals surface area contributed by atoms with Crippen molar-refractivity contribution < 1.29 is 14.3 Å². The van der Waals surface area contributed by atoms with Crippen LogP contribution in [0.15, 0.2) is 12.7 Å². The quantitative estimate of drug-likeness (QED) is 0.379. The van der Waals surface area contributed by atoms with Gasteiger partial charge in [-0.15, -0.1) is 6.58 Å². The maximum Gasteiger partial charge on any atom is 0.320 e. The molecular formula is C10H14O3. The van der Waals surface area contributed by atoms with E-state index in [1.807, 2.05) is 13.8 Å². The Morgan fingerprint density at radius 1 is 1.62 bits per heavy atom. The second-order valence-corrected chi connectivity index (χ2v) is 3.74. The first-order valence-corrected chi connectivity index (χ1v) is 4.39. The van der Waals surface area contributed by atoms with E-state index < -0.39 is 17.4 Å². The summed E-state index contributed by atoms with van der Waals surface area (Å²) in [5, 5.41) is 0. The Kier molecular flexibility index (Phi) is 2.55. The molecule has 1 fully saturated rings. The molecule has 3 heteroatoms. The topological polar surface area (TPSA) is 43.4 Å². The molecule has 3 nitrogen and oxygen atoms in total. The molecule has 0 radical (unpaired) electrons. The molecule has 1 unspecified atom stereocenters. The first kappa shape index (κ1) is 9.96. The summed E-state index contributed by atoms with van der Waals surface area (Å²) < 4.78 is 4.57. The fraction of sp³-hybridized carbons (Fsp3) is 0.600. The van der Waals surface area contributed by atoms with Gasteiger partial charge in [0, 0.05) is 0 Å². The molecule has 0 N–H and O–H groups in total. The average molecular weight is 182 g/mol. The van der Waals surface area contributed by atoms with Gasteiger partial charge in [-0.25, -0.2) is 0 Å². The van der Waals surface area contributed by atoms with Gasteiger partial charge in [0.1, 0.15) is 0 Å². The van der Waals surface area contributed by atoms with E-state index in [-0.39, 0.29) is 12.3 Å². The molecule has 0 aromatic rings. The number of carbonyl (C=O) groups excluding carboxylic acids is 2.